The molecular weight excluding hydrogens is 250 g/mol. The quantitative estimate of drug-likeness (QED) is 0.855. The normalized spacial score (nSPS) is 29.9. The van der Waals surface area contributed by atoms with Gasteiger partial charge in [-0.25, -0.2) is 0 Å². The summed E-state index contributed by atoms with van der Waals surface area (Å²) in [5, 5.41) is 8.60. The van der Waals surface area contributed by atoms with Crippen LogP contribution in [0, 0.1) is 23.2 Å². The van der Waals surface area contributed by atoms with Gasteiger partial charge < -0.3 is 10.5 Å². The topological polar surface area (TPSA) is 71.9 Å². The molecule has 1 aliphatic rings. The third-order valence-electron chi connectivity index (χ3n) is 4.29. The van der Waals surface area contributed by atoms with Crippen LogP contribution in [-0.2, 0) is 4.74 Å². The lowest BCUT2D eigenvalue weighted by Crippen LogP contribution is -2.36. The van der Waals surface area contributed by atoms with Crippen LogP contribution in [0.1, 0.15) is 44.6 Å². The molecule has 0 spiro atoms. The molecule has 20 heavy (non-hydrogen) atoms. The number of nitrogen functional groups attached to an aromatic ring is 1. The number of nitriles is 1. The first-order valence-electron chi connectivity index (χ1n) is 7.31. The van der Waals surface area contributed by atoms with Crippen LogP contribution in [0.4, 0.5) is 5.69 Å². The van der Waals surface area contributed by atoms with Crippen LogP contribution in [0.25, 0.3) is 0 Å². The van der Waals surface area contributed by atoms with E-state index in [1.807, 2.05) is 12.3 Å². The molecule has 1 fully saturated rings. The van der Waals surface area contributed by atoms with Gasteiger partial charge in [0.05, 0.1) is 37.1 Å². The summed E-state index contributed by atoms with van der Waals surface area (Å²) in [5.41, 5.74) is 8.05. The fourth-order valence-corrected chi connectivity index (χ4v) is 3.44. The number of hydrogen-bond donors (Lipinski definition) is 1. The van der Waals surface area contributed by atoms with Gasteiger partial charge in [0.2, 0.25) is 0 Å². The van der Waals surface area contributed by atoms with Crippen LogP contribution in [-0.4, -0.2) is 17.7 Å². The van der Waals surface area contributed by atoms with Crippen molar-refractivity contribution >= 4 is 5.69 Å². The first-order valence-corrected chi connectivity index (χ1v) is 7.31. The molecule has 2 rings (SSSR count). The Labute approximate surface area is 121 Å². The number of aromatic nitrogens is 1. The summed E-state index contributed by atoms with van der Waals surface area (Å²) >= 11 is 0. The average molecular weight is 273 g/mol. The molecule has 1 aromatic heterocycles. The summed E-state index contributed by atoms with van der Waals surface area (Å²) in [6, 6.07) is 4.17. The summed E-state index contributed by atoms with van der Waals surface area (Å²) in [5.74, 6) is 1.45. The lowest BCUT2D eigenvalue weighted by Gasteiger charge is -2.39. The lowest BCUT2D eigenvalue weighted by molar-refractivity contribution is -0.0402. The van der Waals surface area contributed by atoms with E-state index in [9.17, 15) is 0 Å². The molecular formula is C16H23N3O. The zero-order valence-corrected chi connectivity index (χ0v) is 12.2. The maximum absolute atomic E-state index is 8.60. The number of ether oxygens (including phenoxy) is 1. The molecule has 4 atom stereocenters. The van der Waals surface area contributed by atoms with Gasteiger partial charge in [-0.1, -0.05) is 13.8 Å². The van der Waals surface area contributed by atoms with Crippen molar-refractivity contribution in [1.29, 1.82) is 5.26 Å². The number of pyridine rings is 1. The molecule has 4 heteroatoms. The fraction of sp³-hybridized carbons (Fsp3) is 0.625. The van der Waals surface area contributed by atoms with Crippen LogP contribution < -0.4 is 5.73 Å². The molecule has 0 bridgehead atoms. The standard InChI is InChI=1S/C16H23N3O/c1-11-8-13(14-4-6-19-10-15(14)18)9-12(2)16(11)20-7-3-5-17/h4,6,10-13,16H,3,7-9,18H2,1-2H3/t11-,12+,13?,16?. The Hall–Kier alpha value is -1.60. The summed E-state index contributed by atoms with van der Waals surface area (Å²) in [6.07, 6.45) is 6.43. The molecule has 0 saturated heterocycles. The molecule has 1 aliphatic carbocycles. The summed E-state index contributed by atoms with van der Waals surface area (Å²) in [6.45, 7) is 5.01. The van der Waals surface area contributed by atoms with Crippen LogP contribution >= 0.6 is 0 Å². The van der Waals surface area contributed by atoms with Gasteiger partial charge in [0.1, 0.15) is 0 Å². The minimum absolute atomic E-state index is 0.252. The van der Waals surface area contributed by atoms with Crippen molar-refractivity contribution < 1.29 is 4.74 Å². The number of nitrogens with zero attached hydrogens (tertiary/aromatic N) is 2. The predicted octanol–water partition coefficient (Wildman–Crippen LogP) is 3.11. The highest BCUT2D eigenvalue weighted by molar-refractivity contribution is 5.46. The van der Waals surface area contributed by atoms with E-state index in [1.54, 1.807) is 6.20 Å². The molecule has 1 saturated carbocycles. The van der Waals surface area contributed by atoms with Crippen molar-refractivity contribution in [1.82, 2.24) is 4.98 Å². The van der Waals surface area contributed by atoms with Crippen LogP contribution in [0.2, 0.25) is 0 Å². The monoisotopic (exact) mass is 273 g/mol. The molecule has 0 radical (unpaired) electrons. The van der Waals surface area contributed by atoms with Gasteiger partial charge in [-0.2, -0.15) is 5.26 Å². The second-order valence-corrected chi connectivity index (χ2v) is 5.87. The minimum Gasteiger partial charge on any atom is -0.397 e. The van der Waals surface area contributed by atoms with Gasteiger partial charge in [-0.05, 0) is 42.2 Å². The zero-order valence-electron chi connectivity index (χ0n) is 12.2. The maximum Gasteiger partial charge on any atom is 0.0645 e. The molecule has 1 aromatic rings. The Balaban J connectivity index is 2.02. The van der Waals surface area contributed by atoms with Crippen LogP contribution in [0.15, 0.2) is 18.5 Å². The van der Waals surface area contributed by atoms with Gasteiger partial charge in [-0.3, -0.25) is 4.98 Å². The number of nitrogens with two attached hydrogens (primary N) is 1. The van der Waals surface area contributed by atoms with E-state index >= 15 is 0 Å². The summed E-state index contributed by atoms with van der Waals surface area (Å²) < 4.78 is 5.90. The Morgan fingerprint density at radius 2 is 2.10 bits per heavy atom. The Morgan fingerprint density at radius 1 is 1.40 bits per heavy atom. The van der Waals surface area contributed by atoms with Gasteiger partial charge in [0.25, 0.3) is 0 Å². The van der Waals surface area contributed by atoms with Gasteiger partial charge >= 0.3 is 0 Å². The van der Waals surface area contributed by atoms with Gasteiger partial charge in [0, 0.05) is 6.20 Å². The molecule has 108 valence electrons. The molecule has 2 N–H and O–H groups in total. The van der Waals surface area contributed by atoms with Crippen molar-refractivity contribution in [2.24, 2.45) is 11.8 Å². The van der Waals surface area contributed by atoms with E-state index in [1.165, 1.54) is 5.56 Å². The summed E-state index contributed by atoms with van der Waals surface area (Å²) in [7, 11) is 0. The minimum atomic E-state index is 0.252. The van der Waals surface area contributed by atoms with E-state index in [0.717, 1.165) is 18.5 Å². The Bertz CT molecular complexity index is 471. The van der Waals surface area contributed by atoms with E-state index in [4.69, 9.17) is 15.7 Å². The highest BCUT2D eigenvalue weighted by Gasteiger charge is 2.34. The van der Waals surface area contributed by atoms with Crippen molar-refractivity contribution in [3.05, 3.63) is 24.0 Å². The predicted molar refractivity (Wildman–Crippen MR) is 78.9 cm³/mol. The second-order valence-electron chi connectivity index (χ2n) is 5.87. The Morgan fingerprint density at radius 3 is 2.70 bits per heavy atom. The third-order valence-corrected chi connectivity index (χ3v) is 4.29. The Kier molecular flexibility index (Phi) is 4.97. The van der Waals surface area contributed by atoms with E-state index < -0.39 is 0 Å². The van der Waals surface area contributed by atoms with Crippen molar-refractivity contribution in [2.45, 2.75) is 45.1 Å². The fourth-order valence-electron chi connectivity index (χ4n) is 3.44. The third kappa shape index (κ3) is 3.29. The number of rotatable bonds is 4. The lowest BCUT2D eigenvalue weighted by atomic mass is 9.72. The molecule has 0 aliphatic heterocycles. The molecule has 0 amide bonds. The second kappa shape index (κ2) is 6.71. The van der Waals surface area contributed by atoms with Crippen LogP contribution in [0.5, 0.6) is 0 Å². The largest absolute Gasteiger partial charge is 0.397 e. The first-order chi connectivity index (χ1) is 9.63. The number of anilines is 1. The maximum atomic E-state index is 8.60. The van der Waals surface area contributed by atoms with Crippen molar-refractivity contribution in [2.75, 3.05) is 12.3 Å². The smallest absolute Gasteiger partial charge is 0.0645 e. The highest BCUT2D eigenvalue weighted by Crippen LogP contribution is 2.42. The van der Waals surface area contributed by atoms with Crippen molar-refractivity contribution in [3.8, 4) is 6.07 Å². The number of hydrogen-bond acceptors (Lipinski definition) is 4. The van der Waals surface area contributed by atoms with Gasteiger partial charge in [-0.15, -0.1) is 0 Å². The zero-order chi connectivity index (χ0) is 14.5. The average Bonchev–Trinajstić information content (AvgIpc) is 2.42. The highest BCUT2D eigenvalue weighted by atomic mass is 16.5. The van der Waals surface area contributed by atoms with E-state index in [0.29, 0.717) is 30.8 Å². The summed E-state index contributed by atoms with van der Waals surface area (Å²) in [4.78, 5) is 4.06. The molecule has 4 nitrogen and oxygen atoms in total. The SMILES string of the molecule is C[C@@H]1CC(c2ccncc2N)C[C@H](C)C1OCCC#N. The van der Waals surface area contributed by atoms with E-state index in [-0.39, 0.29) is 6.10 Å². The molecule has 2 unspecified atom stereocenters. The van der Waals surface area contributed by atoms with Crippen LogP contribution in [0.3, 0.4) is 0 Å². The first kappa shape index (κ1) is 14.8. The van der Waals surface area contributed by atoms with E-state index in [2.05, 4.69) is 24.9 Å². The van der Waals surface area contributed by atoms with Crippen molar-refractivity contribution in [3.63, 3.8) is 0 Å². The van der Waals surface area contributed by atoms with Gasteiger partial charge in [0.15, 0.2) is 0 Å². The molecule has 1 heterocycles. The molecule has 0 aromatic carbocycles.